The third kappa shape index (κ3) is 4.07. The summed E-state index contributed by atoms with van der Waals surface area (Å²) in [7, 11) is 0. The van der Waals surface area contributed by atoms with Crippen molar-refractivity contribution in [3.63, 3.8) is 0 Å². The van der Waals surface area contributed by atoms with E-state index >= 15 is 0 Å². The van der Waals surface area contributed by atoms with E-state index in [9.17, 15) is 14.7 Å². The van der Waals surface area contributed by atoms with Crippen molar-refractivity contribution in [1.29, 1.82) is 0 Å². The molecule has 5 aliphatic rings. The maximum Gasteiger partial charge on any atom is 0.326 e. The van der Waals surface area contributed by atoms with Gasteiger partial charge in [0.1, 0.15) is 6.04 Å². The van der Waals surface area contributed by atoms with Crippen molar-refractivity contribution >= 4 is 22.8 Å². The molecule has 4 bridgehead atoms. The number of fused-ring (bicyclic) bond motifs is 5. The van der Waals surface area contributed by atoms with E-state index in [1.165, 1.54) is 57.8 Å². The van der Waals surface area contributed by atoms with Crippen molar-refractivity contribution in [2.45, 2.75) is 114 Å². The van der Waals surface area contributed by atoms with Gasteiger partial charge >= 0.3 is 5.97 Å². The molecule has 7 rings (SSSR count). The van der Waals surface area contributed by atoms with Gasteiger partial charge < -0.3 is 14.6 Å². The highest BCUT2D eigenvalue weighted by atomic mass is 16.4. The molecule has 1 N–H and O–H groups in total. The number of anilines is 1. The maximum absolute atomic E-state index is 14.0. The number of hydrogen-bond acceptors (Lipinski definition) is 5. The van der Waals surface area contributed by atoms with Crippen LogP contribution in [0, 0.1) is 17.8 Å². The SMILES string of the molecule is CCC1CC2CC(C1)CC(N1C3CCCC1CC(n1c(=O)c(N4CCC4C(=O)O)nc4ccccc41)C3)C2. The fraction of sp³-hybridized carbons (Fsp3) is 0.710. The summed E-state index contributed by atoms with van der Waals surface area (Å²) < 4.78 is 2.01. The monoisotopic (exact) mass is 518 g/mol. The number of hydrogen-bond donors (Lipinski definition) is 1. The van der Waals surface area contributed by atoms with Gasteiger partial charge in [-0.1, -0.05) is 31.9 Å². The van der Waals surface area contributed by atoms with Crippen LogP contribution in [-0.2, 0) is 4.79 Å². The highest BCUT2D eigenvalue weighted by molar-refractivity contribution is 5.81. The number of rotatable bonds is 5. The lowest BCUT2D eigenvalue weighted by molar-refractivity contribution is -0.140. The van der Waals surface area contributed by atoms with Crippen LogP contribution in [0.1, 0.15) is 90.0 Å². The van der Waals surface area contributed by atoms with Crippen LogP contribution in [-0.4, -0.2) is 56.2 Å². The molecule has 5 fully saturated rings. The van der Waals surface area contributed by atoms with Crippen LogP contribution >= 0.6 is 0 Å². The second kappa shape index (κ2) is 9.65. The van der Waals surface area contributed by atoms with E-state index in [0.29, 0.717) is 36.9 Å². The van der Waals surface area contributed by atoms with E-state index < -0.39 is 12.0 Å². The first-order valence-corrected chi connectivity index (χ1v) is 15.3. The number of carboxylic acids is 1. The normalized spacial score (nSPS) is 37.1. The molecule has 204 valence electrons. The van der Waals surface area contributed by atoms with Gasteiger partial charge in [-0.25, -0.2) is 9.78 Å². The maximum atomic E-state index is 14.0. The zero-order chi connectivity index (χ0) is 26.0. The Labute approximate surface area is 225 Å². The van der Waals surface area contributed by atoms with Crippen LogP contribution < -0.4 is 10.5 Å². The highest BCUT2D eigenvalue weighted by Crippen LogP contribution is 2.49. The van der Waals surface area contributed by atoms with Crippen LogP contribution in [0.4, 0.5) is 5.82 Å². The summed E-state index contributed by atoms with van der Waals surface area (Å²) >= 11 is 0. The van der Waals surface area contributed by atoms with Crippen LogP contribution in [0.15, 0.2) is 29.1 Å². The Kier molecular flexibility index (Phi) is 6.25. The molecule has 7 nitrogen and oxygen atoms in total. The van der Waals surface area contributed by atoms with Gasteiger partial charge in [0.15, 0.2) is 5.82 Å². The van der Waals surface area contributed by atoms with Crippen molar-refractivity contribution in [3.8, 4) is 0 Å². The Morgan fingerprint density at radius 3 is 2.26 bits per heavy atom. The Morgan fingerprint density at radius 2 is 1.63 bits per heavy atom. The number of aromatic nitrogens is 2. The van der Waals surface area contributed by atoms with Crippen LogP contribution in [0.5, 0.6) is 0 Å². The van der Waals surface area contributed by atoms with Gasteiger partial charge in [0.05, 0.1) is 11.0 Å². The highest BCUT2D eigenvalue weighted by Gasteiger charge is 2.46. The van der Waals surface area contributed by atoms with E-state index in [2.05, 4.69) is 11.8 Å². The largest absolute Gasteiger partial charge is 0.480 e. The molecule has 3 aliphatic heterocycles. The number of carboxylic acid groups (broad SMARTS) is 1. The first kappa shape index (κ1) is 24.6. The summed E-state index contributed by atoms with van der Waals surface area (Å²) in [6, 6.07) is 9.21. The summed E-state index contributed by atoms with van der Waals surface area (Å²) in [4.78, 5) is 35.2. The zero-order valence-corrected chi connectivity index (χ0v) is 22.7. The first-order valence-electron chi connectivity index (χ1n) is 15.3. The van der Waals surface area contributed by atoms with Crippen molar-refractivity contribution in [2.24, 2.45) is 17.8 Å². The smallest absolute Gasteiger partial charge is 0.326 e. The van der Waals surface area contributed by atoms with Crippen molar-refractivity contribution in [2.75, 3.05) is 11.4 Å². The van der Waals surface area contributed by atoms with E-state index in [0.717, 1.165) is 41.6 Å². The molecule has 5 atom stereocenters. The molecule has 2 aliphatic carbocycles. The molecular weight excluding hydrogens is 476 g/mol. The molecule has 1 aromatic carbocycles. The number of para-hydroxylation sites is 2. The number of benzene rings is 1. The summed E-state index contributed by atoms with van der Waals surface area (Å²) in [5, 5.41) is 9.65. The van der Waals surface area contributed by atoms with Gasteiger partial charge in [0.2, 0.25) is 0 Å². The third-order valence-electron chi connectivity index (χ3n) is 10.9. The van der Waals surface area contributed by atoms with Crippen LogP contribution in [0.25, 0.3) is 11.0 Å². The van der Waals surface area contributed by atoms with Crippen molar-refractivity contribution < 1.29 is 9.90 Å². The number of aliphatic carboxylic acids is 1. The molecule has 0 amide bonds. The Bertz CT molecular complexity index is 1250. The van der Waals surface area contributed by atoms with Crippen LogP contribution in [0.2, 0.25) is 0 Å². The lowest BCUT2D eigenvalue weighted by atomic mass is 9.64. The van der Waals surface area contributed by atoms with Gasteiger partial charge in [0.25, 0.3) is 5.56 Å². The summed E-state index contributed by atoms with van der Waals surface area (Å²) in [5.41, 5.74) is 1.57. The van der Waals surface area contributed by atoms with Gasteiger partial charge in [-0.2, -0.15) is 0 Å². The summed E-state index contributed by atoms with van der Waals surface area (Å²) in [6.07, 6.45) is 14.7. The second-order valence-electron chi connectivity index (χ2n) is 13.1. The Hall–Kier alpha value is -2.41. The van der Waals surface area contributed by atoms with E-state index in [4.69, 9.17) is 4.98 Å². The third-order valence-corrected chi connectivity index (χ3v) is 10.9. The molecule has 5 unspecified atom stereocenters. The van der Waals surface area contributed by atoms with Gasteiger partial charge in [0, 0.05) is 30.7 Å². The lowest BCUT2D eigenvalue weighted by Gasteiger charge is -2.56. The Balaban J connectivity index is 1.20. The standard InChI is InChI=1S/C31H42N4O3/c1-2-19-12-20-14-21(13-19)16-24(15-20)34-22-6-5-7-23(34)18-25(17-22)35-27-9-4-3-8-26(27)32-29(30(35)36)33-11-10-28(33)31(37)38/h3-4,8-9,19-25,28H,2,5-7,10-18H2,1H3,(H,37,38). The Morgan fingerprint density at radius 1 is 0.921 bits per heavy atom. The molecule has 0 spiro atoms. The molecule has 2 aromatic rings. The lowest BCUT2D eigenvalue weighted by Crippen LogP contribution is -2.59. The zero-order valence-electron chi connectivity index (χ0n) is 22.7. The summed E-state index contributed by atoms with van der Waals surface area (Å²) in [6.45, 7) is 2.95. The van der Waals surface area contributed by atoms with Crippen molar-refractivity contribution in [3.05, 3.63) is 34.6 Å². The predicted molar refractivity (Wildman–Crippen MR) is 149 cm³/mol. The summed E-state index contributed by atoms with van der Waals surface area (Å²) in [5.74, 6) is 2.20. The minimum Gasteiger partial charge on any atom is -0.480 e. The number of carbonyl (C=O) groups is 1. The molecule has 0 radical (unpaired) electrons. The molecule has 1 aromatic heterocycles. The van der Waals surface area contributed by atoms with E-state index in [-0.39, 0.29) is 11.6 Å². The molecule has 38 heavy (non-hydrogen) atoms. The number of nitrogens with zero attached hydrogens (tertiary/aromatic N) is 4. The minimum absolute atomic E-state index is 0.107. The molecule has 2 saturated carbocycles. The quantitative estimate of drug-likeness (QED) is 0.585. The topological polar surface area (TPSA) is 78.7 Å². The van der Waals surface area contributed by atoms with E-state index in [1.807, 2.05) is 28.8 Å². The molecule has 4 heterocycles. The fourth-order valence-corrected chi connectivity index (χ4v) is 9.31. The van der Waals surface area contributed by atoms with E-state index in [1.54, 1.807) is 4.90 Å². The van der Waals surface area contributed by atoms with Crippen LogP contribution in [0.3, 0.4) is 0 Å². The fourth-order valence-electron chi connectivity index (χ4n) is 9.31. The van der Waals surface area contributed by atoms with Gasteiger partial charge in [-0.15, -0.1) is 0 Å². The second-order valence-corrected chi connectivity index (χ2v) is 13.1. The predicted octanol–water partition coefficient (Wildman–Crippen LogP) is 5.22. The van der Waals surface area contributed by atoms with Crippen molar-refractivity contribution in [1.82, 2.24) is 14.5 Å². The molecule has 7 heteroatoms. The molecule has 3 saturated heterocycles. The minimum atomic E-state index is -0.873. The average Bonchev–Trinajstić information content (AvgIpc) is 2.87. The van der Waals surface area contributed by atoms with Gasteiger partial charge in [-0.05, 0) is 94.1 Å². The average molecular weight is 519 g/mol. The molecular formula is C31H42N4O3. The number of piperidine rings is 2. The first-order chi connectivity index (χ1) is 18.5. The van der Waals surface area contributed by atoms with Gasteiger partial charge in [-0.3, -0.25) is 9.69 Å².